The van der Waals surface area contributed by atoms with Crippen LogP contribution in [0.1, 0.15) is 25.0 Å². The molecule has 1 N–H and O–H groups in total. The molecule has 230 valence electrons. The Labute approximate surface area is 277 Å². The Bertz CT molecular complexity index is 1670. The van der Waals surface area contributed by atoms with E-state index in [-0.39, 0.29) is 45.5 Å². The number of rotatable bonds is 12. The third-order valence-corrected chi connectivity index (χ3v) is 9.47. The summed E-state index contributed by atoms with van der Waals surface area (Å²) >= 11 is 16.0. The fraction of sp³-hybridized carbons (Fsp3) is 0.212. The second kappa shape index (κ2) is 15.1. The van der Waals surface area contributed by atoms with Crippen molar-refractivity contribution in [2.24, 2.45) is 0 Å². The average molecular weight is 718 g/mol. The van der Waals surface area contributed by atoms with Crippen molar-refractivity contribution in [2.75, 3.05) is 10.8 Å². The maximum absolute atomic E-state index is 14.4. The van der Waals surface area contributed by atoms with Gasteiger partial charge in [0.15, 0.2) is 0 Å². The van der Waals surface area contributed by atoms with Crippen LogP contribution in [-0.2, 0) is 32.6 Å². The molecule has 0 unspecified atom stereocenters. The molecule has 0 saturated heterocycles. The van der Waals surface area contributed by atoms with Crippen LogP contribution in [0.4, 0.5) is 5.69 Å². The van der Waals surface area contributed by atoms with Gasteiger partial charge in [-0.05, 0) is 67.4 Å². The van der Waals surface area contributed by atoms with Gasteiger partial charge in [-0.15, -0.1) is 0 Å². The topological polar surface area (TPSA) is 86.8 Å². The number of nitrogens with one attached hydrogen (secondary N) is 1. The number of halogens is 3. The number of anilines is 1. The summed E-state index contributed by atoms with van der Waals surface area (Å²) in [5.74, 6) is -0.930. The Morgan fingerprint density at radius 2 is 1.39 bits per heavy atom. The number of sulfonamides is 1. The second-order valence-corrected chi connectivity index (χ2v) is 14.1. The van der Waals surface area contributed by atoms with E-state index in [1.807, 2.05) is 68.4 Å². The molecule has 1 atom stereocenters. The summed E-state index contributed by atoms with van der Waals surface area (Å²) in [6, 6.07) is 27.8. The third kappa shape index (κ3) is 8.85. The zero-order chi connectivity index (χ0) is 31.9. The van der Waals surface area contributed by atoms with Gasteiger partial charge in [0, 0.05) is 33.5 Å². The number of hydrogen-bond acceptors (Lipinski definition) is 4. The molecule has 0 heterocycles. The fourth-order valence-corrected chi connectivity index (χ4v) is 6.85. The van der Waals surface area contributed by atoms with Crippen LogP contribution < -0.4 is 9.62 Å². The van der Waals surface area contributed by atoms with Gasteiger partial charge < -0.3 is 10.2 Å². The molecule has 0 aliphatic heterocycles. The van der Waals surface area contributed by atoms with E-state index in [4.69, 9.17) is 23.2 Å². The number of carbonyl (C=O) groups is 2. The van der Waals surface area contributed by atoms with Crippen LogP contribution in [0.15, 0.2) is 112 Å². The van der Waals surface area contributed by atoms with Gasteiger partial charge in [-0.2, -0.15) is 0 Å². The molecule has 0 saturated carbocycles. The Morgan fingerprint density at radius 3 is 1.95 bits per heavy atom. The fourth-order valence-electron chi connectivity index (χ4n) is 4.65. The van der Waals surface area contributed by atoms with Gasteiger partial charge >= 0.3 is 0 Å². The minimum Gasteiger partial charge on any atom is -0.352 e. The van der Waals surface area contributed by atoms with Gasteiger partial charge in [0.2, 0.25) is 11.8 Å². The quantitative estimate of drug-likeness (QED) is 0.169. The first-order valence-electron chi connectivity index (χ1n) is 13.9. The molecular formula is C33H32BrCl2N3O4S. The first kappa shape index (κ1) is 33.5. The predicted octanol–water partition coefficient (Wildman–Crippen LogP) is 7.12. The van der Waals surface area contributed by atoms with Crippen molar-refractivity contribution in [1.82, 2.24) is 10.2 Å². The summed E-state index contributed by atoms with van der Waals surface area (Å²) < 4.78 is 29.9. The van der Waals surface area contributed by atoms with E-state index in [0.717, 1.165) is 19.9 Å². The molecule has 11 heteroatoms. The van der Waals surface area contributed by atoms with E-state index >= 15 is 0 Å². The molecule has 4 aromatic carbocycles. The van der Waals surface area contributed by atoms with Crippen LogP contribution in [0.25, 0.3) is 0 Å². The lowest BCUT2D eigenvalue weighted by atomic mass is 10.0. The normalized spacial score (nSPS) is 12.0. The highest BCUT2D eigenvalue weighted by Gasteiger charge is 2.35. The van der Waals surface area contributed by atoms with Gasteiger partial charge in [0.05, 0.1) is 10.6 Å². The van der Waals surface area contributed by atoms with Crippen molar-refractivity contribution in [3.63, 3.8) is 0 Å². The molecule has 0 aliphatic rings. The number of carbonyl (C=O) groups excluding carboxylic acids is 2. The molecule has 0 bridgehead atoms. The van der Waals surface area contributed by atoms with E-state index in [0.29, 0.717) is 0 Å². The molecule has 4 aromatic rings. The smallest absolute Gasteiger partial charge is 0.264 e. The molecule has 0 aliphatic carbocycles. The summed E-state index contributed by atoms with van der Waals surface area (Å²) in [7, 11) is -4.26. The van der Waals surface area contributed by atoms with Crippen LogP contribution in [0.2, 0.25) is 10.0 Å². The standard InChI is InChI=1S/C33H32BrCl2N3O4S/c1-23(2)37-33(41)31(17-24-9-5-3-6-10-24)38(21-25-13-15-26(34)16-14-25)32(40)22-39(29-19-27(35)18-28(36)20-29)44(42,43)30-11-7-4-8-12-30/h3-16,18-20,23,31H,17,21-22H2,1-2H3,(H,37,41)/t31-/m1/s1. The average Bonchev–Trinajstić information content (AvgIpc) is 2.98. The van der Waals surface area contributed by atoms with Crippen molar-refractivity contribution in [2.45, 2.75) is 43.8 Å². The molecule has 7 nitrogen and oxygen atoms in total. The maximum atomic E-state index is 14.4. The van der Waals surface area contributed by atoms with Gasteiger partial charge in [0.1, 0.15) is 12.6 Å². The minimum absolute atomic E-state index is 0.0123. The van der Waals surface area contributed by atoms with E-state index in [1.165, 1.54) is 35.2 Å². The van der Waals surface area contributed by atoms with Gasteiger partial charge in [-0.25, -0.2) is 8.42 Å². The van der Waals surface area contributed by atoms with E-state index in [9.17, 15) is 18.0 Å². The lowest BCUT2D eigenvalue weighted by Gasteiger charge is -2.34. The molecule has 0 radical (unpaired) electrons. The van der Waals surface area contributed by atoms with Gasteiger partial charge in [-0.3, -0.25) is 13.9 Å². The molecule has 2 amide bonds. The minimum atomic E-state index is -4.26. The Balaban J connectivity index is 1.82. The van der Waals surface area contributed by atoms with Crippen LogP contribution >= 0.6 is 39.1 Å². The highest BCUT2D eigenvalue weighted by Crippen LogP contribution is 2.30. The SMILES string of the molecule is CC(C)NC(=O)[C@@H](Cc1ccccc1)N(Cc1ccc(Br)cc1)C(=O)CN(c1cc(Cl)cc(Cl)c1)S(=O)(=O)c1ccccc1. The van der Waals surface area contributed by atoms with Crippen molar-refractivity contribution < 1.29 is 18.0 Å². The Hall–Kier alpha value is -3.37. The first-order valence-corrected chi connectivity index (χ1v) is 16.8. The number of hydrogen-bond donors (Lipinski definition) is 1. The summed E-state index contributed by atoms with van der Waals surface area (Å²) in [4.78, 5) is 29.6. The Morgan fingerprint density at radius 1 is 0.818 bits per heavy atom. The number of nitrogens with zero attached hydrogens (tertiary/aromatic N) is 2. The molecule has 0 aromatic heterocycles. The monoisotopic (exact) mass is 715 g/mol. The predicted molar refractivity (Wildman–Crippen MR) is 179 cm³/mol. The van der Waals surface area contributed by atoms with E-state index in [1.54, 1.807) is 18.2 Å². The van der Waals surface area contributed by atoms with Crippen molar-refractivity contribution >= 4 is 66.7 Å². The zero-order valence-electron chi connectivity index (χ0n) is 24.2. The first-order chi connectivity index (χ1) is 20.9. The third-order valence-electron chi connectivity index (χ3n) is 6.71. The zero-order valence-corrected chi connectivity index (χ0v) is 28.1. The summed E-state index contributed by atoms with van der Waals surface area (Å²) in [6.45, 7) is 3.14. The van der Waals surface area contributed by atoms with Crippen molar-refractivity contribution in [1.29, 1.82) is 0 Å². The van der Waals surface area contributed by atoms with Crippen LogP contribution in [0.3, 0.4) is 0 Å². The van der Waals surface area contributed by atoms with Gasteiger partial charge in [0.25, 0.3) is 10.0 Å². The molecular weight excluding hydrogens is 685 g/mol. The van der Waals surface area contributed by atoms with Crippen LogP contribution in [0.5, 0.6) is 0 Å². The van der Waals surface area contributed by atoms with Gasteiger partial charge in [-0.1, -0.05) is 99.8 Å². The largest absolute Gasteiger partial charge is 0.352 e. The summed E-state index contributed by atoms with van der Waals surface area (Å²) in [5, 5.41) is 3.36. The second-order valence-electron chi connectivity index (χ2n) is 10.5. The van der Waals surface area contributed by atoms with Crippen molar-refractivity contribution in [3.05, 3.63) is 129 Å². The number of benzene rings is 4. The molecule has 0 fully saturated rings. The lowest BCUT2D eigenvalue weighted by Crippen LogP contribution is -2.54. The van der Waals surface area contributed by atoms with Crippen LogP contribution in [0, 0.1) is 0 Å². The van der Waals surface area contributed by atoms with Crippen molar-refractivity contribution in [3.8, 4) is 0 Å². The van der Waals surface area contributed by atoms with Crippen LogP contribution in [-0.4, -0.2) is 43.8 Å². The lowest BCUT2D eigenvalue weighted by molar-refractivity contribution is -0.140. The molecule has 0 spiro atoms. The summed E-state index contributed by atoms with van der Waals surface area (Å²) in [5.41, 5.74) is 1.73. The molecule has 44 heavy (non-hydrogen) atoms. The highest BCUT2D eigenvalue weighted by atomic mass is 79.9. The maximum Gasteiger partial charge on any atom is 0.264 e. The van der Waals surface area contributed by atoms with E-state index in [2.05, 4.69) is 21.2 Å². The van der Waals surface area contributed by atoms with E-state index < -0.39 is 28.5 Å². The number of amides is 2. The molecule has 4 rings (SSSR count). The summed E-state index contributed by atoms with van der Waals surface area (Å²) in [6.07, 6.45) is 0.218. The highest BCUT2D eigenvalue weighted by molar-refractivity contribution is 9.10. The Kier molecular flexibility index (Phi) is 11.5.